The number of anilines is 2. The van der Waals surface area contributed by atoms with Crippen LogP contribution in [0.1, 0.15) is 40.5 Å². The second-order valence-corrected chi connectivity index (χ2v) is 7.01. The number of nitrogens with one attached hydrogen (secondary N) is 1. The summed E-state index contributed by atoms with van der Waals surface area (Å²) in [5, 5.41) is 19.7. The second-order valence-electron chi connectivity index (χ2n) is 6.58. The van der Waals surface area contributed by atoms with Crippen molar-refractivity contribution in [1.82, 2.24) is 0 Å². The first kappa shape index (κ1) is 26.8. The normalized spacial score (nSPS) is 10.6. The lowest BCUT2D eigenvalue weighted by molar-refractivity contribution is -0.192. The summed E-state index contributed by atoms with van der Waals surface area (Å²) in [6, 6.07) is 11.3. The maximum Gasteiger partial charge on any atom is 0.490 e. The first-order chi connectivity index (χ1) is 14.9. The molecule has 0 saturated heterocycles. The minimum atomic E-state index is -5.08. The summed E-state index contributed by atoms with van der Waals surface area (Å²) in [4.78, 5) is 34.6. The van der Waals surface area contributed by atoms with Gasteiger partial charge in [-0.2, -0.15) is 13.2 Å². The summed E-state index contributed by atoms with van der Waals surface area (Å²) in [6.07, 6.45) is -3.04. The predicted molar refractivity (Wildman–Crippen MR) is 115 cm³/mol. The Kier molecular flexibility index (Phi) is 9.99. The van der Waals surface area contributed by atoms with Crippen LogP contribution in [0, 0.1) is 0 Å². The molecule has 1 amide bonds. The topological polar surface area (TPSA) is 107 Å². The van der Waals surface area contributed by atoms with Crippen LogP contribution < -0.4 is 10.2 Å². The van der Waals surface area contributed by atoms with Crippen molar-refractivity contribution in [3.05, 3.63) is 58.6 Å². The van der Waals surface area contributed by atoms with Gasteiger partial charge < -0.3 is 20.4 Å². The van der Waals surface area contributed by atoms with E-state index in [4.69, 9.17) is 21.5 Å². The van der Waals surface area contributed by atoms with Gasteiger partial charge in [-0.3, -0.25) is 4.79 Å². The number of carboxylic acids is 2. The highest BCUT2D eigenvalue weighted by atomic mass is 35.5. The number of aromatic carboxylic acids is 1. The van der Waals surface area contributed by atoms with Gasteiger partial charge in [0.1, 0.15) is 0 Å². The van der Waals surface area contributed by atoms with Crippen LogP contribution in [0.25, 0.3) is 0 Å². The van der Waals surface area contributed by atoms with Crippen LogP contribution in [0.2, 0.25) is 5.02 Å². The molecule has 0 unspecified atom stereocenters. The number of carbonyl (C=O) groups excluding carboxylic acids is 1. The number of benzene rings is 2. The van der Waals surface area contributed by atoms with Crippen molar-refractivity contribution in [3.63, 3.8) is 0 Å². The molecule has 0 saturated carbocycles. The molecule has 3 N–H and O–H groups in total. The summed E-state index contributed by atoms with van der Waals surface area (Å²) >= 11 is 5.84. The Balaban J connectivity index is 0.000000633. The zero-order valence-electron chi connectivity index (χ0n) is 17.2. The number of nitrogens with zero attached hydrogens (tertiary/aromatic N) is 1. The minimum Gasteiger partial charge on any atom is -0.478 e. The van der Waals surface area contributed by atoms with Gasteiger partial charge in [-0.25, -0.2) is 9.59 Å². The van der Waals surface area contributed by atoms with E-state index in [1.54, 1.807) is 30.3 Å². The number of unbranched alkanes of at least 4 members (excludes halogenated alkanes) is 1. The third kappa shape index (κ3) is 8.46. The molecule has 0 fully saturated rings. The summed E-state index contributed by atoms with van der Waals surface area (Å²) in [5.74, 6) is -4.11. The van der Waals surface area contributed by atoms with E-state index in [0.717, 1.165) is 25.1 Å². The Morgan fingerprint density at radius 1 is 1.03 bits per heavy atom. The second kappa shape index (κ2) is 11.9. The number of halogens is 4. The molecule has 0 aromatic heterocycles. The summed E-state index contributed by atoms with van der Waals surface area (Å²) < 4.78 is 31.7. The molecule has 2 aromatic rings. The van der Waals surface area contributed by atoms with Crippen molar-refractivity contribution in [2.75, 3.05) is 23.8 Å². The maximum absolute atomic E-state index is 12.5. The molecule has 0 spiro atoms. The molecule has 0 heterocycles. The molecule has 32 heavy (non-hydrogen) atoms. The van der Waals surface area contributed by atoms with Crippen LogP contribution >= 0.6 is 11.6 Å². The van der Waals surface area contributed by atoms with E-state index in [9.17, 15) is 27.9 Å². The third-order valence-electron chi connectivity index (χ3n) is 4.10. The smallest absolute Gasteiger partial charge is 0.478 e. The van der Waals surface area contributed by atoms with E-state index >= 15 is 0 Å². The number of rotatable bonds is 7. The Bertz CT molecular complexity index is 949. The van der Waals surface area contributed by atoms with Crippen molar-refractivity contribution >= 4 is 40.8 Å². The van der Waals surface area contributed by atoms with Crippen molar-refractivity contribution in [3.8, 4) is 0 Å². The highest BCUT2D eigenvalue weighted by Crippen LogP contribution is 2.27. The molecule has 0 atom stereocenters. The monoisotopic (exact) mass is 474 g/mol. The fourth-order valence-corrected chi connectivity index (χ4v) is 2.54. The quantitative estimate of drug-likeness (QED) is 0.511. The Labute approximate surface area is 187 Å². The van der Waals surface area contributed by atoms with Crippen molar-refractivity contribution in [1.29, 1.82) is 0 Å². The van der Waals surface area contributed by atoms with E-state index < -0.39 is 18.1 Å². The van der Waals surface area contributed by atoms with Gasteiger partial charge in [-0.05, 0) is 48.9 Å². The Hall–Kier alpha value is -3.27. The van der Waals surface area contributed by atoms with Gasteiger partial charge in [0.05, 0.1) is 16.9 Å². The first-order valence-electron chi connectivity index (χ1n) is 9.32. The molecule has 0 bridgehead atoms. The van der Waals surface area contributed by atoms with Gasteiger partial charge in [-0.1, -0.05) is 24.9 Å². The number of carboxylic acid groups (broad SMARTS) is 2. The average Bonchev–Trinajstić information content (AvgIpc) is 2.72. The van der Waals surface area contributed by atoms with Crippen LogP contribution in [-0.2, 0) is 4.79 Å². The summed E-state index contributed by atoms with van der Waals surface area (Å²) in [7, 11) is 1.92. The minimum absolute atomic E-state index is 0.124. The molecular formula is C21H22ClF3N2O5. The number of aliphatic carboxylic acids is 1. The van der Waals surface area contributed by atoms with Crippen LogP contribution in [0.5, 0.6) is 0 Å². The van der Waals surface area contributed by atoms with Gasteiger partial charge >= 0.3 is 18.1 Å². The average molecular weight is 475 g/mol. The van der Waals surface area contributed by atoms with Gasteiger partial charge in [0.25, 0.3) is 5.91 Å². The third-order valence-corrected chi connectivity index (χ3v) is 4.35. The van der Waals surface area contributed by atoms with Crippen molar-refractivity contribution in [2.45, 2.75) is 25.9 Å². The number of hydrogen-bond acceptors (Lipinski definition) is 4. The lowest BCUT2D eigenvalue weighted by Gasteiger charge is -2.23. The van der Waals surface area contributed by atoms with Gasteiger partial charge in [0.15, 0.2) is 0 Å². The fourth-order valence-electron chi connectivity index (χ4n) is 2.41. The molecule has 0 aliphatic carbocycles. The number of alkyl halides is 3. The SMILES string of the molecule is CCCCN(C)c1ccc(C(=O)O)cc1NC(=O)c1ccc(Cl)cc1.O=C(O)C(F)(F)F. The molecule has 7 nitrogen and oxygen atoms in total. The molecule has 2 rings (SSSR count). The molecular weight excluding hydrogens is 453 g/mol. The standard InChI is InChI=1S/C19H21ClN2O3.C2HF3O2/c1-3-4-11-22(2)17-10-7-14(19(24)25)12-16(17)21-18(23)13-5-8-15(20)9-6-13;3-2(4,5)1(6)7/h5-10,12H,3-4,11H2,1-2H3,(H,21,23)(H,24,25);(H,6,7). The number of amides is 1. The van der Waals surface area contributed by atoms with Gasteiger partial charge in [0.2, 0.25) is 0 Å². The van der Waals surface area contributed by atoms with Crippen LogP contribution in [-0.4, -0.2) is 47.8 Å². The maximum atomic E-state index is 12.5. The molecule has 2 aromatic carbocycles. The van der Waals surface area contributed by atoms with Crippen LogP contribution in [0.3, 0.4) is 0 Å². The Morgan fingerprint density at radius 3 is 2.03 bits per heavy atom. The zero-order valence-corrected chi connectivity index (χ0v) is 18.0. The predicted octanol–water partition coefficient (Wildman–Crippen LogP) is 5.16. The number of carbonyl (C=O) groups is 3. The summed E-state index contributed by atoms with van der Waals surface area (Å²) in [6.45, 7) is 2.91. The van der Waals surface area contributed by atoms with Crippen LogP contribution in [0.15, 0.2) is 42.5 Å². The lowest BCUT2D eigenvalue weighted by Crippen LogP contribution is -2.22. The molecule has 174 valence electrons. The molecule has 11 heteroatoms. The van der Waals surface area contributed by atoms with E-state index in [0.29, 0.717) is 16.3 Å². The van der Waals surface area contributed by atoms with E-state index in [2.05, 4.69) is 12.2 Å². The zero-order chi connectivity index (χ0) is 24.5. The highest BCUT2D eigenvalue weighted by Gasteiger charge is 2.38. The Morgan fingerprint density at radius 2 is 1.56 bits per heavy atom. The van der Waals surface area contributed by atoms with Gasteiger partial charge in [0, 0.05) is 24.2 Å². The lowest BCUT2D eigenvalue weighted by atomic mass is 10.1. The first-order valence-corrected chi connectivity index (χ1v) is 9.70. The molecule has 0 aliphatic heterocycles. The summed E-state index contributed by atoms with van der Waals surface area (Å²) in [5.41, 5.74) is 1.82. The number of hydrogen-bond donors (Lipinski definition) is 3. The fraction of sp³-hybridized carbons (Fsp3) is 0.286. The van der Waals surface area contributed by atoms with Crippen LogP contribution in [0.4, 0.5) is 24.5 Å². The van der Waals surface area contributed by atoms with Crippen molar-refractivity contribution in [2.24, 2.45) is 0 Å². The molecule has 0 aliphatic rings. The molecule has 0 radical (unpaired) electrons. The highest BCUT2D eigenvalue weighted by molar-refractivity contribution is 6.30. The van der Waals surface area contributed by atoms with E-state index in [1.807, 2.05) is 11.9 Å². The largest absolute Gasteiger partial charge is 0.490 e. The van der Waals surface area contributed by atoms with E-state index in [1.165, 1.54) is 12.1 Å². The van der Waals surface area contributed by atoms with Crippen molar-refractivity contribution < 1.29 is 37.8 Å². The van der Waals surface area contributed by atoms with Gasteiger partial charge in [-0.15, -0.1) is 0 Å². The van der Waals surface area contributed by atoms with E-state index in [-0.39, 0.29) is 11.5 Å².